The lowest BCUT2D eigenvalue weighted by molar-refractivity contribution is -0.385. The molecule has 6 N–H and O–H groups in total. The Balaban J connectivity index is 0.000000211. The average molecular weight is 1200 g/mol. The summed E-state index contributed by atoms with van der Waals surface area (Å²) < 4.78 is 20.9. The number of nitrogens with zero attached hydrogens (tertiary/aromatic N) is 10. The van der Waals surface area contributed by atoms with Crippen LogP contribution in [0.15, 0.2) is 72.8 Å². The first-order valence-corrected chi connectivity index (χ1v) is 30.1. The van der Waals surface area contributed by atoms with Gasteiger partial charge in [0.2, 0.25) is 0 Å². The van der Waals surface area contributed by atoms with Gasteiger partial charge >= 0.3 is 23.8 Å². The predicted molar refractivity (Wildman–Crippen MR) is 342 cm³/mol. The molecule has 0 saturated carbocycles. The van der Waals surface area contributed by atoms with Crippen LogP contribution in [0.4, 0.5) is 37.1 Å². The molecular formula is C62H99N15O9. The van der Waals surface area contributed by atoms with E-state index in [1.54, 1.807) is 39.5 Å². The highest BCUT2D eigenvalue weighted by Gasteiger charge is 2.27. The number of carbonyl (C=O) groups is 3. The zero-order valence-electron chi connectivity index (χ0n) is 53.1. The zero-order chi connectivity index (χ0) is 62.5. The molecule has 0 radical (unpaired) electrons. The van der Waals surface area contributed by atoms with Crippen LogP contribution in [-0.4, -0.2) is 243 Å². The number of benzene rings is 4. The highest BCUT2D eigenvalue weighted by atomic mass is 16.6. The minimum absolute atomic E-state index is 0.0391. The number of nitro groups is 1. The van der Waals surface area contributed by atoms with Crippen LogP contribution in [0.25, 0.3) is 0 Å². The predicted octanol–water partition coefficient (Wildman–Crippen LogP) is 6.06. The summed E-state index contributed by atoms with van der Waals surface area (Å²) in [5.41, 5.74) is 12.3. The van der Waals surface area contributed by atoms with Crippen LogP contribution < -0.4 is 50.8 Å². The SMILES string of the molecule is CCN1CCN(Cc2ccc(OC)c(N(C(=O)NC)C(=O)NC)c2)CC1.CCN1CCN(Cc2ccc(OC)c(N)c2)CC1.CCN1CCN(Cc2ccc(OC)c(NC(=O)NC)c2)CC1.CCN1CCN(Cc2ccc(OC)c([N+](=O)[O-])c2)CC1. The molecule has 4 aliphatic rings. The Morgan fingerprint density at radius 1 is 0.465 bits per heavy atom. The number of anilines is 3. The van der Waals surface area contributed by atoms with E-state index in [0.717, 1.165) is 171 Å². The number of piperazine rings is 4. The molecule has 4 aliphatic heterocycles. The number of carbonyl (C=O) groups excluding carboxylic acids is 3. The van der Waals surface area contributed by atoms with Crippen LogP contribution in [0.5, 0.6) is 23.0 Å². The van der Waals surface area contributed by atoms with Gasteiger partial charge in [0.05, 0.1) is 50.4 Å². The van der Waals surface area contributed by atoms with Gasteiger partial charge in [-0.1, -0.05) is 52.0 Å². The molecular weight excluding hydrogens is 1100 g/mol. The molecule has 0 unspecified atom stereocenters. The van der Waals surface area contributed by atoms with Crippen LogP contribution in [0, 0.1) is 10.1 Å². The fourth-order valence-electron chi connectivity index (χ4n) is 10.6. The lowest BCUT2D eigenvalue weighted by Gasteiger charge is -2.34. The Hall–Kier alpha value is -7.03. The van der Waals surface area contributed by atoms with Gasteiger partial charge in [0.25, 0.3) is 0 Å². The molecule has 8 rings (SSSR count). The van der Waals surface area contributed by atoms with Crippen molar-refractivity contribution in [2.24, 2.45) is 0 Å². The second-order valence-corrected chi connectivity index (χ2v) is 21.4. The van der Waals surface area contributed by atoms with Gasteiger partial charge in [-0.25, -0.2) is 19.3 Å². The molecule has 4 aromatic rings. The average Bonchev–Trinajstić information content (AvgIpc) is 2.03. The van der Waals surface area contributed by atoms with Crippen molar-refractivity contribution in [1.29, 1.82) is 0 Å². The molecule has 24 heteroatoms. The number of hydrogen-bond donors (Lipinski definition) is 5. The van der Waals surface area contributed by atoms with Gasteiger partial charge < -0.3 is 65.5 Å². The van der Waals surface area contributed by atoms with Gasteiger partial charge in [0.1, 0.15) is 17.2 Å². The van der Waals surface area contributed by atoms with Crippen LogP contribution in [0.3, 0.4) is 0 Å². The standard InChI is InChI=1S/C18H29N5O3.C16H26N4O2.C14H21N3O3.C14H23N3O/c1-5-21-8-10-22(11-9-21)13-14-6-7-16(26-4)15(12-14)23(17(24)19-2)18(25)20-3;1-4-19-7-9-20(10-8-19)12-13-5-6-15(22-3)14(11-13)18-16(21)17-2;1-3-15-6-8-16(9-7-15)11-12-4-5-14(20-2)13(10-12)17(18)19;1-3-16-6-8-17(9-7-16)11-12-4-5-14(18-2)13(15)10-12/h6-7,12H,5,8-11,13H2,1-4H3,(H,19,24)(H,20,25);5-6,11H,4,7-10,12H2,1-3H3,(H2,17,18,21);4-5,10H,3,6-9,11H2,1-2H3;4-5,10H,3,6-9,11,15H2,1-2H3. The number of amides is 6. The van der Waals surface area contributed by atoms with Gasteiger partial charge in [-0.2, -0.15) is 0 Å². The second-order valence-electron chi connectivity index (χ2n) is 21.4. The first-order chi connectivity index (χ1) is 41.5. The van der Waals surface area contributed by atoms with Gasteiger partial charge in [-0.05, 0) is 90.9 Å². The van der Waals surface area contributed by atoms with E-state index in [2.05, 4.69) is 100 Å². The minimum atomic E-state index is -0.517. The topological polar surface area (TPSA) is 235 Å². The van der Waals surface area contributed by atoms with E-state index in [1.807, 2.05) is 42.5 Å². The lowest BCUT2D eigenvalue weighted by Crippen LogP contribution is -2.47. The molecule has 4 aromatic carbocycles. The molecule has 6 amide bonds. The summed E-state index contributed by atoms with van der Waals surface area (Å²) in [6.45, 7) is 33.9. The first-order valence-electron chi connectivity index (χ1n) is 30.1. The number of nitro benzene ring substituents is 1. The molecule has 4 fully saturated rings. The monoisotopic (exact) mass is 1200 g/mol. The van der Waals surface area contributed by atoms with E-state index >= 15 is 0 Å². The van der Waals surface area contributed by atoms with Crippen LogP contribution >= 0.6 is 0 Å². The summed E-state index contributed by atoms with van der Waals surface area (Å²) in [6.07, 6.45) is 0. The fraction of sp³-hybridized carbons (Fsp3) is 0.565. The molecule has 476 valence electrons. The number of nitrogens with one attached hydrogen (secondary N) is 4. The van der Waals surface area contributed by atoms with E-state index < -0.39 is 17.0 Å². The Morgan fingerprint density at radius 2 is 0.791 bits per heavy atom. The normalized spacial score (nSPS) is 16.5. The maximum Gasteiger partial charge on any atom is 0.330 e. The van der Waals surface area contributed by atoms with E-state index in [0.29, 0.717) is 28.6 Å². The number of nitrogen functional groups attached to an aromatic ring is 1. The summed E-state index contributed by atoms with van der Waals surface area (Å²) >= 11 is 0. The van der Waals surface area contributed by atoms with Crippen molar-refractivity contribution in [3.8, 4) is 23.0 Å². The molecule has 0 bridgehead atoms. The number of methoxy groups -OCH3 is 4. The third kappa shape index (κ3) is 21.7. The quantitative estimate of drug-likeness (QED) is 0.0408. The number of nitrogens with two attached hydrogens (primary N) is 1. The van der Waals surface area contributed by atoms with E-state index in [9.17, 15) is 24.5 Å². The highest BCUT2D eigenvalue weighted by molar-refractivity contribution is 6.14. The summed E-state index contributed by atoms with van der Waals surface area (Å²) in [7, 11) is 10.8. The third-order valence-electron chi connectivity index (χ3n) is 16.1. The van der Waals surface area contributed by atoms with Crippen LogP contribution in [0.2, 0.25) is 0 Å². The Bertz CT molecular complexity index is 2690. The lowest BCUT2D eigenvalue weighted by atomic mass is 10.1. The van der Waals surface area contributed by atoms with Crippen LogP contribution in [0.1, 0.15) is 49.9 Å². The molecule has 24 nitrogen and oxygen atoms in total. The van der Waals surface area contributed by atoms with Crippen molar-refractivity contribution < 1.29 is 38.3 Å². The molecule has 0 spiro atoms. The molecule has 0 atom stereocenters. The highest BCUT2D eigenvalue weighted by Crippen LogP contribution is 2.32. The van der Waals surface area contributed by atoms with Gasteiger partial charge in [0, 0.05) is 158 Å². The Labute approximate surface area is 510 Å². The van der Waals surface area contributed by atoms with E-state index in [1.165, 1.54) is 52.5 Å². The smallest absolute Gasteiger partial charge is 0.330 e. The van der Waals surface area contributed by atoms with Crippen molar-refractivity contribution >= 4 is 40.8 Å². The molecule has 4 heterocycles. The van der Waals surface area contributed by atoms with Crippen molar-refractivity contribution in [2.75, 3.05) is 196 Å². The fourth-order valence-corrected chi connectivity index (χ4v) is 10.6. The Kier molecular flexibility index (Phi) is 29.9. The summed E-state index contributed by atoms with van der Waals surface area (Å²) in [4.78, 5) is 67.1. The summed E-state index contributed by atoms with van der Waals surface area (Å²) in [5, 5.41) is 21.4. The molecule has 4 saturated heterocycles. The molecule has 0 aliphatic carbocycles. The summed E-state index contributed by atoms with van der Waals surface area (Å²) in [6, 6.07) is 21.5. The number of urea groups is 3. The van der Waals surface area contributed by atoms with Gasteiger partial charge in [-0.15, -0.1) is 0 Å². The van der Waals surface area contributed by atoms with E-state index in [-0.39, 0.29) is 11.7 Å². The molecule has 86 heavy (non-hydrogen) atoms. The largest absolute Gasteiger partial charge is 0.495 e. The van der Waals surface area contributed by atoms with Crippen LogP contribution in [-0.2, 0) is 26.2 Å². The van der Waals surface area contributed by atoms with Crippen molar-refractivity contribution in [3.63, 3.8) is 0 Å². The van der Waals surface area contributed by atoms with Crippen molar-refractivity contribution in [2.45, 2.75) is 53.9 Å². The number of ether oxygens (including phenoxy) is 4. The zero-order valence-corrected chi connectivity index (χ0v) is 53.1. The van der Waals surface area contributed by atoms with Crippen molar-refractivity contribution in [3.05, 3.63) is 105 Å². The third-order valence-corrected chi connectivity index (χ3v) is 16.1. The molecule has 0 aromatic heterocycles. The number of likely N-dealkylation sites (N-methyl/N-ethyl adjacent to an activating group) is 4. The maximum absolute atomic E-state index is 12.2. The minimum Gasteiger partial charge on any atom is -0.495 e. The summed E-state index contributed by atoms with van der Waals surface area (Å²) in [5.74, 6) is 2.21. The maximum atomic E-state index is 12.2. The Morgan fingerprint density at radius 3 is 1.13 bits per heavy atom. The number of hydrogen-bond acceptors (Lipinski definition) is 18. The van der Waals surface area contributed by atoms with Crippen molar-refractivity contribution in [1.82, 2.24) is 55.1 Å². The van der Waals surface area contributed by atoms with Gasteiger partial charge in [0.15, 0.2) is 5.75 Å². The first kappa shape index (κ1) is 69.7. The van der Waals surface area contributed by atoms with E-state index in [4.69, 9.17) is 24.7 Å². The second kappa shape index (κ2) is 36.8. The van der Waals surface area contributed by atoms with Gasteiger partial charge in [-0.3, -0.25) is 29.7 Å². The number of imide groups is 1. The number of rotatable bonds is 19.